The van der Waals surface area contributed by atoms with Crippen LogP contribution in [-0.2, 0) is 6.42 Å². The zero-order valence-corrected chi connectivity index (χ0v) is 10.4. The first-order chi connectivity index (χ1) is 8.81. The molecule has 1 atom stereocenters. The van der Waals surface area contributed by atoms with E-state index in [4.69, 9.17) is 5.73 Å². The second-order valence-electron chi connectivity index (χ2n) is 4.15. The Balaban J connectivity index is 2.13. The molecule has 0 saturated carbocycles. The zero-order valence-electron chi connectivity index (χ0n) is 10.4. The second kappa shape index (κ2) is 6.11. The van der Waals surface area contributed by atoms with Gasteiger partial charge >= 0.3 is 0 Å². The number of nitrogens with two attached hydrogens (primary N) is 1. The summed E-state index contributed by atoms with van der Waals surface area (Å²) in [6.07, 6.45) is 5.26. The van der Waals surface area contributed by atoms with Crippen molar-refractivity contribution in [1.82, 2.24) is 25.7 Å². The first-order valence-corrected chi connectivity index (χ1v) is 6.09. The molecule has 0 bridgehead atoms. The molecule has 4 N–H and O–H groups in total. The smallest absolute Gasteiger partial charge is 0.126 e. The number of hydrogen-bond donors (Lipinski definition) is 3. The van der Waals surface area contributed by atoms with E-state index in [0.29, 0.717) is 5.82 Å². The molecule has 0 aliphatic rings. The molecule has 0 spiro atoms. The summed E-state index contributed by atoms with van der Waals surface area (Å²) in [5.74, 6) is 0.573. The van der Waals surface area contributed by atoms with Gasteiger partial charge in [0.2, 0.25) is 0 Å². The largest absolute Gasteiger partial charge is 0.383 e. The number of rotatable bonds is 6. The van der Waals surface area contributed by atoms with Crippen LogP contribution in [0.25, 0.3) is 0 Å². The lowest BCUT2D eigenvalue weighted by Crippen LogP contribution is -2.25. The van der Waals surface area contributed by atoms with Crippen molar-refractivity contribution in [3.05, 3.63) is 35.8 Å². The molecular formula is C12H18N6. The van der Waals surface area contributed by atoms with Gasteiger partial charge in [-0.05, 0) is 31.0 Å². The van der Waals surface area contributed by atoms with Crippen LogP contribution < -0.4 is 11.1 Å². The number of aromatic amines is 1. The third-order valence-electron chi connectivity index (χ3n) is 2.78. The molecule has 0 aliphatic heterocycles. The van der Waals surface area contributed by atoms with Crippen molar-refractivity contribution in [2.24, 2.45) is 0 Å². The normalized spacial score (nSPS) is 12.5. The number of nitrogens with one attached hydrogen (secondary N) is 2. The number of aromatic nitrogens is 4. The molecule has 2 aromatic rings. The number of H-pyrrole nitrogens is 1. The summed E-state index contributed by atoms with van der Waals surface area (Å²) >= 11 is 0. The Morgan fingerprint density at radius 3 is 3.06 bits per heavy atom. The van der Waals surface area contributed by atoms with Crippen molar-refractivity contribution in [2.75, 3.05) is 12.3 Å². The average Bonchev–Trinajstić information content (AvgIpc) is 2.90. The second-order valence-corrected chi connectivity index (χ2v) is 4.15. The highest BCUT2D eigenvalue weighted by Crippen LogP contribution is 2.18. The third-order valence-corrected chi connectivity index (χ3v) is 2.78. The monoisotopic (exact) mass is 246 g/mol. The minimum absolute atomic E-state index is 0.107. The van der Waals surface area contributed by atoms with E-state index in [9.17, 15) is 0 Å². The minimum Gasteiger partial charge on any atom is -0.383 e. The van der Waals surface area contributed by atoms with Gasteiger partial charge in [-0.15, -0.1) is 0 Å². The van der Waals surface area contributed by atoms with Gasteiger partial charge in [-0.1, -0.05) is 13.0 Å². The summed E-state index contributed by atoms with van der Waals surface area (Å²) in [5, 5.41) is 14.1. The molecule has 2 heterocycles. The van der Waals surface area contributed by atoms with Gasteiger partial charge in [0.05, 0.1) is 17.9 Å². The van der Waals surface area contributed by atoms with Gasteiger partial charge in [0.15, 0.2) is 0 Å². The maximum atomic E-state index is 5.87. The highest BCUT2D eigenvalue weighted by Gasteiger charge is 2.15. The number of hydrogen-bond acceptors (Lipinski definition) is 5. The van der Waals surface area contributed by atoms with Gasteiger partial charge in [-0.3, -0.25) is 0 Å². The van der Waals surface area contributed by atoms with Crippen LogP contribution in [0.15, 0.2) is 24.5 Å². The maximum Gasteiger partial charge on any atom is 0.126 e. The Kier molecular flexibility index (Phi) is 4.25. The third kappa shape index (κ3) is 3.04. The standard InChI is InChI=1S/C12H18N6/c1-2-5-14-10(11-8-16-18-17-11)7-9-4-3-6-15-12(9)13/h3-4,6,8,10,14H,2,5,7H2,1H3,(H2,13,15)(H,16,17,18). The van der Waals surface area contributed by atoms with Crippen molar-refractivity contribution in [2.45, 2.75) is 25.8 Å². The van der Waals surface area contributed by atoms with E-state index < -0.39 is 0 Å². The van der Waals surface area contributed by atoms with Gasteiger partial charge in [-0.2, -0.15) is 15.4 Å². The van der Waals surface area contributed by atoms with Gasteiger partial charge < -0.3 is 11.1 Å². The van der Waals surface area contributed by atoms with Crippen LogP contribution in [0.1, 0.15) is 30.6 Å². The van der Waals surface area contributed by atoms with E-state index in [1.807, 2.05) is 12.1 Å². The lowest BCUT2D eigenvalue weighted by Gasteiger charge is -2.16. The fraction of sp³-hybridized carbons (Fsp3) is 0.417. The Labute approximate surface area is 106 Å². The van der Waals surface area contributed by atoms with E-state index in [1.54, 1.807) is 12.4 Å². The number of nitrogen functional groups attached to an aromatic ring is 1. The quantitative estimate of drug-likeness (QED) is 0.709. The molecule has 0 amide bonds. The Bertz CT molecular complexity index is 467. The molecule has 6 heteroatoms. The van der Waals surface area contributed by atoms with E-state index >= 15 is 0 Å². The van der Waals surface area contributed by atoms with E-state index in [2.05, 4.69) is 32.6 Å². The summed E-state index contributed by atoms with van der Waals surface area (Å²) in [5.41, 5.74) is 7.79. The van der Waals surface area contributed by atoms with E-state index in [1.165, 1.54) is 0 Å². The molecule has 0 saturated heterocycles. The molecule has 18 heavy (non-hydrogen) atoms. The topological polar surface area (TPSA) is 92.5 Å². The van der Waals surface area contributed by atoms with Crippen molar-refractivity contribution < 1.29 is 0 Å². The van der Waals surface area contributed by atoms with Gasteiger partial charge in [-0.25, -0.2) is 4.98 Å². The summed E-state index contributed by atoms with van der Waals surface area (Å²) in [4.78, 5) is 4.10. The Hall–Kier alpha value is -1.95. The Morgan fingerprint density at radius 2 is 2.39 bits per heavy atom. The van der Waals surface area contributed by atoms with E-state index in [0.717, 1.165) is 30.6 Å². The van der Waals surface area contributed by atoms with Crippen LogP contribution in [0.3, 0.4) is 0 Å². The van der Waals surface area contributed by atoms with Crippen molar-refractivity contribution in [1.29, 1.82) is 0 Å². The van der Waals surface area contributed by atoms with Crippen molar-refractivity contribution in [3.63, 3.8) is 0 Å². The number of nitrogens with zero attached hydrogens (tertiary/aromatic N) is 3. The number of pyridine rings is 1. The molecular weight excluding hydrogens is 228 g/mol. The van der Waals surface area contributed by atoms with Crippen molar-refractivity contribution >= 4 is 5.82 Å². The lowest BCUT2D eigenvalue weighted by atomic mass is 10.0. The average molecular weight is 246 g/mol. The van der Waals surface area contributed by atoms with Gasteiger partial charge in [0.25, 0.3) is 0 Å². The molecule has 0 fully saturated rings. The fourth-order valence-electron chi connectivity index (χ4n) is 1.82. The summed E-state index contributed by atoms with van der Waals surface area (Å²) in [7, 11) is 0. The molecule has 2 rings (SSSR count). The zero-order chi connectivity index (χ0) is 12.8. The fourth-order valence-corrected chi connectivity index (χ4v) is 1.82. The molecule has 0 aliphatic carbocycles. The molecule has 96 valence electrons. The lowest BCUT2D eigenvalue weighted by molar-refractivity contribution is 0.517. The molecule has 1 unspecified atom stereocenters. The summed E-state index contributed by atoms with van der Waals surface area (Å²) in [6.45, 7) is 3.06. The summed E-state index contributed by atoms with van der Waals surface area (Å²) in [6, 6.07) is 3.99. The highest BCUT2D eigenvalue weighted by atomic mass is 15.3. The first-order valence-electron chi connectivity index (χ1n) is 6.09. The van der Waals surface area contributed by atoms with Crippen LogP contribution in [0.4, 0.5) is 5.82 Å². The van der Waals surface area contributed by atoms with Crippen LogP contribution in [0, 0.1) is 0 Å². The van der Waals surface area contributed by atoms with Crippen LogP contribution in [0.2, 0.25) is 0 Å². The maximum absolute atomic E-state index is 5.87. The van der Waals surface area contributed by atoms with Crippen LogP contribution >= 0.6 is 0 Å². The van der Waals surface area contributed by atoms with Crippen LogP contribution in [0.5, 0.6) is 0 Å². The highest BCUT2D eigenvalue weighted by molar-refractivity contribution is 5.39. The number of anilines is 1. The van der Waals surface area contributed by atoms with Crippen LogP contribution in [-0.4, -0.2) is 26.9 Å². The van der Waals surface area contributed by atoms with Crippen molar-refractivity contribution in [3.8, 4) is 0 Å². The van der Waals surface area contributed by atoms with Gasteiger partial charge in [0.1, 0.15) is 5.82 Å². The summed E-state index contributed by atoms with van der Waals surface area (Å²) < 4.78 is 0. The predicted molar refractivity (Wildman–Crippen MR) is 69.8 cm³/mol. The van der Waals surface area contributed by atoms with E-state index in [-0.39, 0.29) is 6.04 Å². The molecule has 2 aromatic heterocycles. The molecule has 6 nitrogen and oxygen atoms in total. The molecule has 0 aromatic carbocycles. The SMILES string of the molecule is CCCNC(Cc1cccnc1N)c1cn[nH]n1. The molecule has 0 radical (unpaired) electrons. The Morgan fingerprint density at radius 1 is 1.50 bits per heavy atom. The van der Waals surface area contributed by atoms with Gasteiger partial charge in [0, 0.05) is 6.20 Å². The predicted octanol–water partition coefficient (Wildman–Crippen LogP) is 1.07. The minimum atomic E-state index is 0.107. The first kappa shape index (κ1) is 12.5.